The Morgan fingerprint density at radius 1 is 1.04 bits per heavy atom. The molecule has 0 aliphatic rings. The van der Waals surface area contributed by atoms with Crippen LogP contribution in [0.2, 0.25) is 0 Å². The number of nitriles is 1. The van der Waals surface area contributed by atoms with Gasteiger partial charge in [-0.05, 0) is 23.3 Å². The minimum atomic E-state index is -0.262. The number of Topliss-reactive ketones (excluding diaryl/α,β-unsaturated/α-hetero) is 1. The van der Waals surface area contributed by atoms with Gasteiger partial charge < -0.3 is 4.74 Å². The van der Waals surface area contributed by atoms with Crippen LogP contribution in [0.1, 0.15) is 22.3 Å². The van der Waals surface area contributed by atoms with Crippen molar-refractivity contribution in [2.45, 2.75) is 6.42 Å². The summed E-state index contributed by atoms with van der Waals surface area (Å²) in [4.78, 5) is 23.1. The molecule has 2 rings (SSSR count). The molecule has 0 radical (unpaired) electrons. The molecule has 0 aliphatic heterocycles. The third kappa shape index (κ3) is 4.97. The van der Waals surface area contributed by atoms with Crippen molar-refractivity contribution in [1.82, 2.24) is 0 Å². The lowest BCUT2D eigenvalue weighted by molar-refractivity contribution is -0.140. The molecular formula is C19H17NO3S. The summed E-state index contributed by atoms with van der Waals surface area (Å²) in [6, 6.07) is 16.8. The fourth-order valence-corrected chi connectivity index (χ4v) is 2.90. The summed E-state index contributed by atoms with van der Waals surface area (Å²) in [5.41, 5.74) is 3.27. The normalized spacial score (nSPS) is 10.0. The van der Waals surface area contributed by atoms with Crippen molar-refractivity contribution in [3.8, 4) is 17.2 Å². The number of carbonyl (C=O) groups excluding carboxylic acids is 2. The fourth-order valence-electron chi connectivity index (χ4n) is 2.09. The van der Waals surface area contributed by atoms with E-state index in [1.807, 2.05) is 24.3 Å². The van der Waals surface area contributed by atoms with Crippen molar-refractivity contribution in [3.05, 3.63) is 59.7 Å². The molecule has 0 amide bonds. The maximum Gasteiger partial charge on any atom is 0.306 e. The van der Waals surface area contributed by atoms with Crippen molar-refractivity contribution < 1.29 is 14.3 Å². The highest BCUT2D eigenvalue weighted by molar-refractivity contribution is 8.00. The van der Waals surface area contributed by atoms with Gasteiger partial charge in [-0.1, -0.05) is 36.4 Å². The lowest BCUT2D eigenvalue weighted by Gasteiger charge is -2.05. The number of benzene rings is 2. The van der Waals surface area contributed by atoms with E-state index < -0.39 is 0 Å². The standard InChI is InChI=1S/C19H17NO3S/c1-23-19(22)10-11-24-13-18(21)17-8-6-16(7-9-17)15-4-2-14(12-20)3-5-15/h2-9H,10-11,13H2,1H3. The second-order valence-electron chi connectivity index (χ2n) is 5.07. The third-order valence-electron chi connectivity index (χ3n) is 3.47. The van der Waals surface area contributed by atoms with Crippen LogP contribution in [0.3, 0.4) is 0 Å². The number of hydrogen-bond acceptors (Lipinski definition) is 5. The Hall–Kier alpha value is -2.58. The maximum absolute atomic E-state index is 12.1. The second kappa shape index (κ2) is 8.90. The first-order valence-electron chi connectivity index (χ1n) is 7.42. The van der Waals surface area contributed by atoms with E-state index in [9.17, 15) is 9.59 Å². The molecule has 2 aromatic carbocycles. The summed E-state index contributed by atoms with van der Waals surface area (Å²) in [6.07, 6.45) is 0.312. The van der Waals surface area contributed by atoms with Crippen molar-refractivity contribution in [3.63, 3.8) is 0 Å². The van der Waals surface area contributed by atoms with Crippen molar-refractivity contribution in [2.75, 3.05) is 18.6 Å². The minimum absolute atomic E-state index is 0.0382. The van der Waals surface area contributed by atoms with E-state index in [2.05, 4.69) is 10.8 Å². The molecule has 5 heteroatoms. The number of ether oxygens (including phenoxy) is 1. The van der Waals surface area contributed by atoms with Crippen molar-refractivity contribution >= 4 is 23.5 Å². The monoisotopic (exact) mass is 339 g/mol. The SMILES string of the molecule is COC(=O)CCSCC(=O)c1ccc(-c2ccc(C#N)cc2)cc1. The average molecular weight is 339 g/mol. The van der Waals surface area contributed by atoms with Crippen molar-refractivity contribution in [1.29, 1.82) is 5.26 Å². The van der Waals surface area contributed by atoms with E-state index in [-0.39, 0.29) is 11.8 Å². The molecule has 0 atom stereocenters. The molecule has 122 valence electrons. The Morgan fingerprint density at radius 3 is 2.17 bits per heavy atom. The molecule has 0 heterocycles. The number of thioether (sulfide) groups is 1. The molecule has 0 saturated carbocycles. The number of hydrogen-bond donors (Lipinski definition) is 0. The van der Waals surface area contributed by atoms with E-state index >= 15 is 0 Å². The Kier molecular flexibility index (Phi) is 6.59. The molecule has 0 saturated heterocycles. The van der Waals surface area contributed by atoms with Crippen LogP contribution < -0.4 is 0 Å². The number of nitrogens with zero attached hydrogens (tertiary/aromatic N) is 1. The van der Waals surface area contributed by atoms with Gasteiger partial charge in [0.1, 0.15) is 0 Å². The number of rotatable bonds is 7. The second-order valence-corrected chi connectivity index (χ2v) is 6.17. The predicted octanol–water partition coefficient (Wildman–Crippen LogP) is 3.70. The van der Waals surface area contributed by atoms with Gasteiger partial charge in [0.05, 0.1) is 30.9 Å². The minimum Gasteiger partial charge on any atom is -0.469 e. The largest absolute Gasteiger partial charge is 0.469 e. The first-order chi connectivity index (χ1) is 11.6. The predicted molar refractivity (Wildman–Crippen MR) is 94.9 cm³/mol. The van der Waals surface area contributed by atoms with E-state index in [0.29, 0.717) is 29.1 Å². The number of carbonyl (C=O) groups is 2. The number of esters is 1. The zero-order valence-electron chi connectivity index (χ0n) is 13.3. The summed E-state index contributed by atoms with van der Waals surface area (Å²) >= 11 is 1.42. The quantitative estimate of drug-likeness (QED) is 0.437. The highest BCUT2D eigenvalue weighted by Crippen LogP contribution is 2.21. The van der Waals surface area contributed by atoms with Gasteiger partial charge in [0.25, 0.3) is 0 Å². The van der Waals surface area contributed by atoms with Gasteiger partial charge in [0.2, 0.25) is 0 Å². The average Bonchev–Trinajstić information content (AvgIpc) is 2.65. The first-order valence-corrected chi connectivity index (χ1v) is 8.58. The van der Waals surface area contributed by atoms with Gasteiger partial charge in [-0.2, -0.15) is 17.0 Å². The molecule has 24 heavy (non-hydrogen) atoms. The Bertz CT molecular complexity index is 746. The lowest BCUT2D eigenvalue weighted by atomic mass is 10.0. The van der Waals surface area contributed by atoms with Crippen LogP contribution in [-0.2, 0) is 9.53 Å². The summed E-state index contributed by atoms with van der Waals surface area (Å²) in [6.45, 7) is 0. The molecule has 0 aromatic heterocycles. The summed E-state index contributed by atoms with van der Waals surface area (Å²) in [7, 11) is 1.35. The lowest BCUT2D eigenvalue weighted by Crippen LogP contribution is -2.05. The molecule has 0 fully saturated rings. The summed E-state index contributed by atoms with van der Waals surface area (Å²) in [5, 5.41) is 8.81. The fraction of sp³-hybridized carbons (Fsp3) is 0.211. The molecule has 4 nitrogen and oxygen atoms in total. The smallest absolute Gasteiger partial charge is 0.306 e. The highest BCUT2D eigenvalue weighted by atomic mass is 32.2. The van der Waals surface area contributed by atoms with Crippen LogP contribution in [0.25, 0.3) is 11.1 Å². The van der Waals surface area contributed by atoms with Crippen LogP contribution in [0.4, 0.5) is 0 Å². The van der Waals surface area contributed by atoms with Crippen LogP contribution in [-0.4, -0.2) is 30.4 Å². The molecule has 2 aromatic rings. The van der Waals surface area contributed by atoms with Gasteiger partial charge in [-0.3, -0.25) is 9.59 Å². The molecule has 0 bridgehead atoms. The van der Waals surface area contributed by atoms with Gasteiger partial charge >= 0.3 is 5.97 Å². The van der Waals surface area contributed by atoms with Crippen LogP contribution in [0, 0.1) is 11.3 Å². The van der Waals surface area contributed by atoms with Gasteiger partial charge in [0, 0.05) is 11.3 Å². The summed E-state index contributed by atoms with van der Waals surface area (Å²) < 4.78 is 4.56. The van der Waals surface area contributed by atoms with Crippen LogP contribution in [0.5, 0.6) is 0 Å². The molecule has 0 spiro atoms. The number of methoxy groups -OCH3 is 1. The summed E-state index contributed by atoms with van der Waals surface area (Å²) in [5.74, 6) is 0.688. The van der Waals surface area contributed by atoms with Crippen LogP contribution in [0.15, 0.2) is 48.5 Å². The Morgan fingerprint density at radius 2 is 1.62 bits per heavy atom. The molecule has 0 aliphatic carbocycles. The highest BCUT2D eigenvalue weighted by Gasteiger charge is 2.08. The Labute approximate surface area is 145 Å². The molecule has 0 N–H and O–H groups in total. The van der Waals surface area contributed by atoms with Crippen molar-refractivity contribution in [2.24, 2.45) is 0 Å². The molecular weight excluding hydrogens is 322 g/mol. The third-order valence-corrected chi connectivity index (χ3v) is 4.42. The van der Waals surface area contributed by atoms with Gasteiger partial charge in [-0.25, -0.2) is 0 Å². The zero-order valence-corrected chi connectivity index (χ0v) is 14.1. The van der Waals surface area contributed by atoms with Crippen LogP contribution >= 0.6 is 11.8 Å². The maximum atomic E-state index is 12.1. The first kappa shape index (κ1) is 17.8. The van der Waals surface area contributed by atoms with Gasteiger partial charge in [0.15, 0.2) is 5.78 Å². The Balaban J connectivity index is 1.92. The van der Waals surface area contributed by atoms with Gasteiger partial charge in [-0.15, -0.1) is 0 Å². The van der Waals surface area contributed by atoms with E-state index in [1.54, 1.807) is 24.3 Å². The molecule has 0 unspecified atom stereocenters. The topological polar surface area (TPSA) is 67.2 Å². The van der Waals surface area contributed by atoms with E-state index in [1.165, 1.54) is 18.9 Å². The van der Waals surface area contributed by atoms with E-state index in [0.717, 1.165) is 11.1 Å². The number of ketones is 1. The van der Waals surface area contributed by atoms with E-state index in [4.69, 9.17) is 5.26 Å². The zero-order chi connectivity index (χ0) is 17.4.